The number of aromatic nitrogens is 2. The Kier molecular flexibility index (Phi) is 8.44. The molecule has 0 fully saturated rings. The summed E-state index contributed by atoms with van der Waals surface area (Å²) in [6.45, 7) is 4.19. The second-order valence-corrected chi connectivity index (χ2v) is 7.80. The SMILES string of the molecule is CCCCn1c(N)c(N(Cc2ccccc2)C(=O)c2cccc(NC(=O)OCC)c2)c(=O)[nH]c1=O. The Hall–Kier alpha value is -4.34. The first-order chi connectivity index (χ1) is 16.8. The highest BCUT2D eigenvalue weighted by Gasteiger charge is 2.26. The van der Waals surface area contributed by atoms with Crippen LogP contribution in [0.4, 0.5) is 22.0 Å². The molecular formula is C25H29N5O5. The number of aromatic amines is 1. The zero-order valence-electron chi connectivity index (χ0n) is 19.7. The lowest BCUT2D eigenvalue weighted by Crippen LogP contribution is -2.41. The van der Waals surface area contributed by atoms with E-state index in [4.69, 9.17) is 10.5 Å². The topological polar surface area (TPSA) is 140 Å². The summed E-state index contributed by atoms with van der Waals surface area (Å²) in [6.07, 6.45) is 0.832. The number of H-pyrrole nitrogens is 1. The number of benzene rings is 2. The van der Waals surface area contributed by atoms with Crippen molar-refractivity contribution >= 4 is 29.2 Å². The highest BCUT2D eigenvalue weighted by Crippen LogP contribution is 2.23. The smallest absolute Gasteiger partial charge is 0.411 e. The number of anilines is 3. The average Bonchev–Trinajstić information content (AvgIpc) is 2.83. The van der Waals surface area contributed by atoms with Gasteiger partial charge in [-0.2, -0.15) is 0 Å². The van der Waals surface area contributed by atoms with E-state index in [1.54, 1.807) is 25.1 Å². The van der Waals surface area contributed by atoms with Gasteiger partial charge in [0.25, 0.3) is 11.5 Å². The number of nitrogens with two attached hydrogens (primary N) is 1. The van der Waals surface area contributed by atoms with E-state index in [2.05, 4.69) is 10.3 Å². The van der Waals surface area contributed by atoms with E-state index in [0.29, 0.717) is 18.7 Å². The molecule has 2 aromatic carbocycles. The number of hydrogen-bond donors (Lipinski definition) is 3. The molecule has 4 N–H and O–H groups in total. The van der Waals surface area contributed by atoms with Gasteiger partial charge in [0.05, 0.1) is 13.2 Å². The molecule has 0 unspecified atom stereocenters. The number of rotatable bonds is 9. The molecule has 35 heavy (non-hydrogen) atoms. The van der Waals surface area contributed by atoms with Crippen molar-refractivity contribution in [2.24, 2.45) is 0 Å². The van der Waals surface area contributed by atoms with Gasteiger partial charge in [-0.05, 0) is 37.1 Å². The number of hydrogen-bond acceptors (Lipinski definition) is 6. The summed E-state index contributed by atoms with van der Waals surface area (Å²) in [5.74, 6) is -0.614. The predicted octanol–water partition coefficient (Wildman–Crippen LogP) is 3.33. The van der Waals surface area contributed by atoms with Crippen molar-refractivity contribution in [2.75, 3.05) is 22.6 Å². The van der Waals surface area contributed by atoms with Gasteiger partial charge in [0.15, 0.2) is 5.69 Å². The predicted molar refractivity (Wildman–Crippen MR) is 135 cm³/mol. The van der Waals surface area contributed by atoms with Crippen LogP contribution in [0.2, 0.25) is 0 Å². The van der Waals surface area contributed by atoms with Crippen LogP contribution < -0.4 is 27.2 Å². The molecule has 2 amide bonds. The molecule has 10 nitrogen and oxygen atoms in total. The van der Waals surface area contributed by atoms with Crippen molar-refractivity contribution in [1.29, 1.82) is 0 Å². The first-order valence-corrected chi connectivity index (χ1v) is 11.4. The van der Waals surface area contributed by atoms with Crippen LogP contribution in [0, 0.1) is 0 Å². The third kappa shape index (κ3) is 6.17. The van der Waals surface area contributed by atoms with E-state index in [-0.39, 0.29) is 30.2 Å². The zero-order valence-corrected chi connectivity index (χ0v) is 19.7. The number of nitrogen functional groups attached to an aromatic ring is 1. The van der Waals surface area contributed by atoms with Crippen molar-refractivity contribution in [3.05, 3.63) is 86.6 Å². The van der Waals surface area contributed by atoms with Gasteiger partial charge in [-0.15, -0.1) is 0 Å². The maximum Gasteiger partial charge on any atom is 0.411 e. The molecule has 3 rings (SSSR count). The van der Waals surface area contributed by atoms with Crippen LogP contribution in [0.3, 0.4) is 0 Å². The van der Waals surface area contributed by atoms with Gasteiger partial charge >= 0.3 is 11.8 Å². The highest BCUT2D eigenvalue weighted by molar-refractivity contribution is 6.07. The molecule has 0 aliphatic carbocycles. The van der Waals surface area contributed by atoms with Crippen LogP contribution in [-0.2, 0) is 17.8 Å². The minimum atomic E-state index is -0.759. The molecule has 10 heteroatoms. The van der Waals surface area contributed by atoms with Crippen molar-refractivity contribution in [2.45, 2.75) is 39.8 Å². The standard InChI is InChI=1S/C25H29N5O5/c1-3-5-14-29-21(26)20(22(31)28-24(29)33)30(16-17-10-7-6-8-11-17)23(32)18-12-9-13-19(15-18)27-25(34)35-4-2/h6-13,15H,3-5,14,16,26H2,1-2H3,(H,27,34)(H,28,31,33). The summed E-state index contributed by atoms with van der Waals surface area (Å²) in [4.78, 5) is 54.4. The van der Waals surface area contributed by atoms with Crippen LogP contribution in [0.1, 0.15) is 42.6 Å². The fourth-order valence-corrected chi connectivity index (χ4v) is 3.57. The second-order valence-electron chi connectivity index (χ2n) is 7.80. The van der Waals surface area contributed by atoms with Crippen LogP contribution in [0.15, 0.2) is 64.2 Å². The molecule has 0 bridgehead atoms. The fraction of sp³-hybridized carbons (Fsp3) is 0.280. The summed E-state index contributed by atoms with van der Waals surface area (Å²) < 4.78 is 6.16. The lowest BCUT2D eigenvalue weighted by molar-refractivity contribution is 0.0984. The Morgan fingerprint density at radius 3 is 2.51 bits per heavy atom. The van der Waals surface area contributed by atoms with Crippen LogP contribution in [0.5, 0.6) is 0 Å². The van der Waals surface area contributed by atoms with Gasteiger partial charge in [-0.1, -0.05) is 49.7 Å². The largest absolute Gasteiger partial charge is 0.450 e. The minimum Gasteiger partial charge on any atom is -0.450 e. The molecule has 0 radical (unpaired) electrons. The van der Waals surface area contributed by atoms with Gasteiger partial charge in [-0.3, -0.25) is 29.4 Å². The molecule has 3 aromatic rings. The Morgan fingerprint density at radius 2 is 1.83 bits per heavy atom. The monoisotopic (exact) mass is 479 g/mol. The van der Waals surface area contributed by atoms with Gasteiger partial charge < -0.3 is 10.5 Å². The Balaban J connectivity index is 2.08. The molecule has 0 spiro atoms. The first kappa shape index (κ1) is 25.3. The van der Waals surface area contributed by atoms with Crippen molar-refractivity contribution in [3.63, 3.8) is 0 Å². The summed E-state index contributed by atoms with van der Waals surface area (Å²) in [7, 11) is 0. The molecule has 0 saturated heterocycles. The van der Waals surface area contributed by atoms with E-state index in [1.165, 1.54) is 15.5 Å². The molecule has 1 aromatic heterocycles. The van der Waals surface area contributed by atoms with Crippen molar-refractivity contribution < 1.29 is 14.3 Å². The lowest BCUT2D eigenvalue weighted by atomic mass is 10.1. The Morgan fingerprint density at radius 1 is 1.09 bits per heavy atom. The number of carbonyl (C=O) groups is 2. The summed E-state index contributed by atoms with van der Waals surface area (Å²) in [6, 6.07) is 15.4. The van der Waals surface area contributed by atoms with Gasteiger partial charge in [0.2, 0.25) is 0 Å². The van der Waals surface area contributed by atoms with E-state index >= 15 is 0 Å². The number of nitrogens with zero attached hydrogens (tertiary/aromatic N) is 2. The van der Waals surface area contributed by atoms with Crippen molar-refractivity contribution in [1.82, 2.24) is 9.55 Å². The number of unbranched alkanes of at least 4 members (excludes halogenated alkanes) is 1. The third-order valence-electron chi connectivity index (χ3n) is 5.28. The van der Waals surface area contributed by atoms with Gasteiger partial charge in [-0.25, -0.2) is 9.59 Å². The minimum absolute atomic E-state index is 0.0362. The molecule has 1 heterocycles. The average molecular weight is 480 g/mol. The molecule has 0 aliphatic rings. The summed E-state index contributed by atoms with van der Waals surface area (Å²) >= 11 is 0. The van der Waals surface area contributed by atoms with Crippen LogP contribution in [0.25, 0.3) is 0 Å². The molecule has 0 saturated carbocycles. The summed E-state index contributed by atoms with van der Waals surface area (Å²) in [5, 5.41) is 2.56. The highest BCUT2D eigenvalue weighted by atomic mass is 16.5. The van der Waals surface area contributed by atoms with Gasteiger partial charge in [0, 0.05) is 17.8 Å². The Bertz CT molecular complexity index is 1300. The third-order valence-corrected chi connectivity index (χ3v) is 5.28. The quantitative estimate of drug-likeness (QED) is 0.430. The van der Waals surface area contributed by atoms with E-state index in [9.17, 15) is 19.2 Å². The number of nitrogens with one attached hydrogen (secondary N) is 2. The van der Waals surface area contributed by atoms with Crippen LogP contribution >= 0.6 is 0 Å². The van der Waals surface area contributed by atoms with E-state index < -0.39 is 23.2 Å². The molecule has 184 valence electrons. The second kappa shape index (κ2) is 11.7. The maximum absolute atomic E-state index is 13.7. The summed E-state index contributed by atoms with van der Waals surface area (Å²) in [5.41, 5.74) is 6.12. The van der Waals surface area contributed by atoms with Gasteiger partial charge in [0.1, 0.15) is 5.82 Å². The van der Waals surface area contributed by atoms with E-state index in [0.717, 1.165) is 12.0 Å². The van der Waals surface area contributed by atoms with Crippen molar-refractivity contribution in [3.8, 4) is 0 Å². The normalized spacial score (nSPS) is 10.6. The maximum atomic E-state index is 13.7. The number of carbonyl (C=O) groups excluding carboxylic acids is 2. The van der Waals surface area contributed by atoms with E-state index in [1.807, 2.05) is 37.3 Å². The number of amides is 2. The Labute approximate surface area is 202 Å². The number of ether oxygens (including phenoxy) is 1. The molecule has 0 aliphatic heterocycles. The molecule has 0 atom stereocenters. The first-order valence-electron chi connectivity index (χ1n) is 11.4. The lowest BCUT2D eigenvalue weighted by Gasteiger charge is -2.25. The van der Waals surface area contributed by atoms with Crippen LogP contribution in [-0.4, -0.2) is 28.2 Å². The fourth-order valence-electron chi connectivity index (χ4n) is 3.57. The molecular weight excluding hydrogens is 450 g/mol. The zero-order chi connectivity index (χ0) is 25.4.